The fourth-order valence-corrected chi connectivity index (χ4v) is 3.00. The second-order valence-corrected chi connectivity index (χ2v) is 6.24. The fraction of sp³-hybridized carbons (Fsp3) is 0.350. The third-order valence-electron chi connectivity index (χ3n) is 4.38. The third-order valence-corrected chi connectivity index (χ3v) is 4.38. The predicted molar refractivity (Wildman–Crippen MR) is 96.5 cm³/mol. The molecule has 2 aromatic rings. The second-order valence-electron chi connectivity index (χ2n) is 6.24. The molecule has 3 rings (SSSR count). The molecule has 1 fully saturated rings. The smallest absolute Gasteiger partial charge is 0.249 e. The molecule has 0 radical (unpaired) electrons. The van der Waals surface area contributed by atoms with Gasteiger partial charge in [-0.2, -0.15) is 0 Å². The van der Waals surface area contributed by atoms with Gasteiger partial charge in [0.05, 0.1) is 12.1 Å². The lowest BCUT2D eigenvalue weighted by molar-refractivity contribution is -0.132. The van der Waals surface area contributed by atoms with Crippen LogP contribution >= 0.6 is 0 Å². The van der Waals surface area contributed by atoms with E-state index in [1.165, 1.54) is 0 Å². The molecule has 5 heteroatoms. The molecule has 0 saturated carbocycles. The number of hydrogen-bond acceptors (Lipinski definition) is 4. The lowest BCUT2D eigenvalue weighted by Gasteiger charge is -2.20. The predicted octanol–water partition coefficient (Wildman–Crippen LogP) is 3.16. The van der Waals surface area contributed by atoms with Crippen LogP contribution in [0.2, 0.25) is 0 Å². The van der Waals surface area contributed by atoms with Crippen molar-refractivity contribution in [3.63, 3.8) is 0 Å². The third kappa shape index (κ3) is 4.38. The molecule has 1 amide bonds. The van der Waals surface area contributed by atoms with E-state index in [4.69, 9.17) is 15.2 Å². The van der Waals surface area contributed by atoms with E-state index in [2.05, 4.69) is 5.32 Å². The van der Waals surface area contributed by atoms with Crippen LogP contribution in [0.25, 0.3) is 0 Å². The highest BCUT2D eigenvalue weighted by atomic mass is 16.5. The summed E-state index contributed by atoms with van der Waals surface area (Å²) in [6.07, 6.45) is 1.11. The first-order chi connectivity index (χ1) is 12.2. The maximum Gasteiger partial charge on any atom is 0.249 e. The molecule has 5 nitrogen and oxygen atoms in total. The summed E-state index contributed by atoms with van der Waals surface area (Å²) in [6, 6.07) is 17.1. The number of nitrogens with one attached hydrogen (secondary N) is 1. The summed E-state index contributed by atoms with van der Waals surface area (Å²) in [6.45, 7) is 2.40. The number of benzene rings is 2. The van der Waals surface area contributed by atoms with Crippen LogP contribution in [0.5, 0.6) is 11.5 Å². The quantitative estimate of drug-likeness (QED) is 0.847. The zero-order chi connectivity index (χ0) is 17.6. The highest BCUT2D eigenvalue weighted by Gasteiger charge is 2.30. The van der Waals surface area contributed by atoms with Crippen LogP contribution in [0.1, 0.15) is 31.4 Å². The summed E-state index contributed by atoms with van der Waals surface area (Å²) in [5.74, 6) is 1.39. The van der Waals surface area contributed by atoms with Gasteiger partial charge in [-0.05, 0) is 38.0 Å². The summed E-state index contributed by atoms with van der Waals surface area (Å²) in [5.41, 5.74) is 6.53. The molecule has 1 unspecified atom stereocenters. The van der Waals surface area contributed by atoms with Gasteiger partial charge in [0.2, 0.25) is 5.91 Å². The van der Waals surface area contributed by atoms with E-state index >= 15 is 0 Å². The Bertz CT molecular complexity index is 705. The van der Waals surface area contributed by atoms with Gasteiger partial charge in [-0.15, -0.1) is 0 Å². The SMILES string of the molecule is CC(NC(=O)[C@@H]1CC[C@H](CN)O1)c1ccccc1Oc1ccccc1. The Kier molecular flexibility index (Phi) is 5.68. The molecule has 3 N–H and O–H groups in total. The van der Waals surface area contributed by atoms with Crippen molar-refractivity contribution in [1.29, 1.82) is 0 Å². The molecule has 1 saturated heterocycles. The first-order valence-corrected chi connectivity index (χ1v) is 8.65. The molecule has 0 spiro atoms. The molecule has 0 aromatic heterocycles. The van der Waals surface area contributed by atoms with Gasteiger partial charge in [0.1, 0.15) is 17.6 Å². The Morgan fingerprint density at radius 2 is 1.92 bits per heavy atom. The van der Waals surface area contributed by atoms with Crippen molar-refractivity contribution in [2.75, 3.05) is 6.54 Å². The molecule has 132 valence electrons. The Hall–Kier alpha value is -2.37. The van der Waals surface area contributed by atoms with Gasteiger partial charge in [0.15, 0.2) is 0 Å². The van der Waals surface area contributed by atoms with Crippen LogP contribution in [0.4, 0.5) is 0 Å². The van der Waals surface area contributed by atoms with E-state index in [0.717, 1.165) is 23.5 Å². The van der Waals surface area contributed by atoms with E-state index in [9.17, 15) is 4.79 Å². The van der Waals surface area contributed by atoms with E-state index in [0.29, 0.717) is 13.0 Å². The number of ether oxygens (including phenoxy) is 2. The van der Waals surface area contributed by atoms with Gasteiger partial charge >= 0.3 is 0 Å². The molecule has 1 aliphatic rings. The first kappa shape index (κ1) is 17.5. The molecular formula is C20H24N2O3. The van der Waals surface area contributed by atoms with Crippen LogP contribution in [0.15, 0.2) is 54.6 Å². The van der Waals surface area contributed by atoms with Crippen molar-refractivity contribution in [3.05, 3.63) is 60.2 Å². The standard InChI is InChI=1S/C20H24N2O3/c1-14(22-20(23)19-12-11-16(13-21)25-19)17-9-5-6-10-18(17)24-15-7-3-2-4-8-15/h2-10,14,16,19H,11-13,21H2,1H3,(H,22,23)/t14?,16-,19+/m1/s1. The minimum absolute atomic E-state index is 0.0141. The number of carbonyl (C=O) groups excluding carboxylic acids is 1. The summed E-state index contributed by atoms with van der Waals surface area (Å²) in [7, 11) is 0. The maximum absolute atomic E-state index is 12.4. The van der Waals surface area contributed by atoms with E-state index in [1.807, 2.05) is 61.5 Å². The van der Waals surface area contributed by atoms with Crippen LogP contribution in [-0.2, 0) is 9.53 Å². The largest absolute Gasteiger partial charge is 0.457 e. The minimum Gasteiger partial charge on any atom is -0.457 e. The number of para-hydroxylation sites is 2. The summed E-state index contributed by atoms with van der Waals surface area (Å²) < 4.78 is 11.6. The average Bonchev–Trinajstić information content (AvgIpc) is 3.12. The normalized spacial score (nSPS) is 20.9. The van der Waals surface area contributed by atoms with Gasteiger partial charge < -0.3 is 20.5 Å². The van der Waals surface area contributed by atoms with Crippen LogP contribution in [0, 0.1) is 0 Å². The fourth-order valence-electron chi connectivity index (χ4n) is 3.00. The highest BCUT2D eigenvalue weighted by Crippen LogP contribution is 2.30. The zero-order valence-corrected chi connectivity index (χ0v) is 14.4. The van der Waals surface area contributed by atoms with E-state index < -0.39 is 6.10 Å². The number of nitrogens with two attached hydrogens (primary N) is 1. The van der Waals surface area contributed by atoms with Crippen LogP contribution < -0.4 is 15.8 Å². The topological polar surface area (TPSA) is 73.6 Å². The Morgan fingerprint density at radius 1 is 1.20 bits per heavy atom. The lowest BCUT2D eigenvalue weighted by Crippen LogP contribution is -2.37. The van der Waals surface area contributed by atoms with Crippen molar-refractivity contribution in [3.8, 4) is 11.5 Å². The van der Waals surface area contributed by atoms with Gasteiger partial charge in [-0.25, -0.2) is 0 Å². The van der Waals surface area contributed by atoms with Crippen molar-refractivity contribution in [1.82, 2.24) is 5.32 Å². The van der Waals surface area contributed by atoms with E-state index in [-0.39, 0.29) is 18.1 Å². The highest BCUT2D eigenvalue weighted by molar-refractivity contribution is 5.81. The summed E-state index contributed by atoms with van der Waals surface area (Å²) in [5, 5.41) is 3.02. The number of amides is 1. The second kappa shape index (κ2) is 8.14. The Morgan fingerprint density at radius 3 is 2.64 bits per heavy atom. The zero-order valence-electron chi connectivity index (χ0n) is 14.4. The minimum atomic E-state index is -0.418. The molecule has 2 aromatic carbocycles. The van der Waals surface area contributed by atoms with Gasteiger partial charge in [-0.1, -0.05) is 36.4 Å². The average molecular weight is 340 g/mol. The first-order valence-electron chi connectivity index (χ1n) is 8.65. The van der Waals surface area contributed by atoms with Gasteiger partial charge in [-0.3, -0.25) is 4.79 Å². The van der Waals surface area contributed by atoms with Crippen molar-refractivity contribution in [2.45, 2.75) is 38.0 Å². The van der Waals surface area contributed by atoms with E-state index in [1.54, 1.807) is 0 Å². The van der Waals surface area contributed by atoms with Crippen molar-refractivity contribution >= 4 is 5.91 Å². The number of rotatable bonds is 6. The molecule has 1 aliphatic heterocycles. The lowest BCUT2D eigenvalue weighted by atomic mass is 10.1. The van der Waals surface area contributed by atoms with Crippen LogP contribution in [-0.4, -0.2) is 24.7 Å². The van der Waals surface area contributed by atoms with Crippen molar-refractivity contribution < 1.29 is 14.3 Å². The molecule has 3 atom stereocenters. The molecular weight excluding hydrogens is 316 g/mol. The Balaban J connectivity index is 1.68. The molecule has 1 heterocycles. The molecule has 25 heavy (non-hydrogen) atoms. The molecule has 0 bridgehead atoms. The van der Waals surface area contributed by atoms with Crippen molar-refractivity contribution in [2.24, 2.45) is 5.73 Å². The number of hydrogen-bond donors (Lipinski definition) is 2. The summed E-state index contributed by atoms with van der Waals surface area (Å²) >= 11 is 0. The maximum atomic E-state index is 12.4. The summed E-state index contributed by atoms with van der Waals surface area (Å²) in [4.78, 5) is 12.4. The molecule has 0 aliphatic carbocycles. The Labute approximate surface area is 148 Å². The van der Waals surface area contributed by atoms with Gasteiger partial charge in [0.25, 0.3) is 0 Å². The van der Waals surface area contributed by atoms with Gasteiger partial charge in [0, 0.05) is 12.1 Å². The number of carbonyl (C=O) groups is 1. The monoisotopic (exact) mass is 340 g/mol. The van der Waals surface area contributed by atoms with Crippen LogP contribution in [0.3, 0.4) is 0 Å².